The van der Waals surface area contributed by atoms with Crippen molar-refractivity contribution in [3.63, 3.8) is 0 Å². The normalized spacial score (nSPS) is 11.3. The summed E-state index contributed by atoms with van der Waals surface area (Å²) in [6.45, 7) is 2.86. The molecule has 0 heterocycles. The first-order valence-corrected chi connectivity index (χ1v) is 8.79. The van der Waals surface area contributed by atoms with Crippen LogP contribution >= 0.6 is 0 Å². The quantitative estimate of drug-likeness (QED) is 0.518. The highest BCUT2D eigenvalue weighted by Crippen LogP contribution is 2.21. The number of carbonyl (C=O) groups is 4. The zero-order valence-electron chi connectivity index (χ0n) is 16.4. The van der Waals surface area contributed by atoms with Crippen molar-refractivity contribution < 1.29 is 28.7 Å². The lowest BCUT2D eigenvalue weighted by Gasteiger charge is -2.15. The third-order valence-electron chi connectivity index (χ3n) is 4.14. The number of nitrogens with two attached hydrogens (primary N) is 1. The molecule has 0 fully saturated rings. The van der Waals surface area contributed by atoms with Gasteiger partial charge in [0, 0.05) is 22.4 Å². The summed E-state index contributed by atoms with van der Waals surface area (Å²) in [4.78, 5) is 47.1. The Labute approximate surface area is 168 Å². The fraction of sp³-hybridized carbons (Fsp3) is 0.238. The summed E-state index contributed by atoms with van der Waals surface area (Å²) in [6.07, 6.45) is -1.21. The maximum absolute atomic E-state index is 12.3. The molecule has 0 bridgehead atoms. The van der Waals surface area contributed by atoms with Gasteiger partial charge >= 0.3 is 5.97 Å². The maximum Gasteiger partial charge on any atom is 0.311 e. The highest BCUT2D eigenvalue weighted by atomic mass is 16.5. The summed E-state index contributed by atoms with van der Waals surface area (Å²) in [6, 6.07) is 10.8. The van der Waals surface area contributed by atoms with Crippen molar-refractivity contribution in [1.82, 2.24) is 0 Å². The largest absolute Gasteiger partial charge is 0.496 e. The van der Waals surface area contributed by atoms with Crippen molar-refractivity contribution in [3.8, 4) is 5.75 Å². The number of amides is 2. The molecule has 0 spiro atoms. The summed E-state index contributed by atoms with van der Waals surface area (Å²) in [5.74, 6) is -1.45. The van der Waals surface area contributed by atoms with Crippen LogP contribution in [0.1, 0.15) is 40.1 Å². The molecule has 29 heavy (non-hydrogen) atoms. The van der Waals surface area contributed by atoms with E-state index >= 15 is 0 Å². The Morgan fingerprint density at radius 2 is 1.66 bits per heavy atom. The summed E-state index contributed by atoms with van der Waals surface area (Å²) in [7, 11) is 1.46. The summed E-state index contributed by atoms with van der Waals surface area (Å²) < 4.78 is 10.4. The van der Waals surface area contributed by atoms with E-state index in [1.54, 1.807) is 18.2 Å². The summed E-state index contributed by atoms with van der Waals surface area (Å²) in [5.41, 5.74) is 6.83. The van der Waals surface area contributed by atoms with Crippen molar-refractivity contribution >= 4 is 29.3 Å². The molecule has 2 rings (SSSR count). The van der Waals surface area contributed by atoms with Gasteiger partial charge in [-0.1, -0.05) is 0 Å². The number of methoxy groups -OCH3 is 1. The number of rotatable bonds is 8. The van der Waals surface area contributed by atoms with Crippen molar-refractivity contribution in [3.05, 3.63) is 59.2 Å². The molecule has 0 aliphatic heterocycles. The van der Waals surface area contributed by atoms with E-state index < -0.39 is 23.9 Å². The van der Waals surface area contributed by atoms with Gasteiger partial charge in [0.15, 0.2) is 11.9 Å². The monoisotopic (exact) mass is 398 g/mol. The number of ketones is 1. The number of carbonyl (C=O) groups excluding carboxylic acids is 4. The predicted molar refractivity (Wildman–Crippen MR) is 106 cm³/mol. The molecule has 2 amide bonds. The number of esters is 1. The number of primary amides is 1. The van der Waals surface area contributed by atoms with E-state index in [0.29, 0.717) is 28.1 Å². The number of ether oxygens (including phenoxy) is 2. The Bertz CT molecular complexity index is 937. The van der Waals surface area contributed by atoms with Gasteiger partial charge in [-0.05, 0) is 56.3 Å². The lowest BCUT2D eigenvalue weighted by molar-refractivity contribution is -0.152. The average Bonchev–Trinajstić information content (AvgIpc) is 2.68. The minimum absolute atomic E-state index is 0.141. The molecule has 0 saturated heterocycles. The zero-order chi connectivity index (χ0) is 21.6. The standard InChI is InChI=1S/C21H22N2O6/c1-12(24)15-6-9-18(28-3)16(10-15)11-19(25)29-13(2)21(27)23-17-7-4-14(5-8-17)20(22)26/h4-10,13H,11H2,1-3H3,(H2,22,26)(H,23,27)/t13-/m0/s1. The average molecular weight is 398 g/mol. The van der Waals surface area contributed by atoms with Crippen LogP contribution in [0.15, 0.2) is 42.5 Å². The van der Waals surface area contributed by atoms with Crippen molar-refractivity contribution in [2.75, 3.05) is 12.4 Å². The Hall–Kier alpha value is -3.68. The maximum atomic E-state index is 12.3. The van der Waals surface area contributed by atoms with Crippen LogP contribution in [0, 0.1) is 0 Å². The Kier molecular flexibility index (Phi) is 7.08. The van der Waals surface area contributed by atoms with Crippen LogP contribution in [0.5, 0.6) is 5.75 Å². The van der Waals surface area contributed by atoms with Crippen molar-refractivity contribution in [2.45, 2.75) is 26.4 Å². The molecule has 2 aromatic rings. The highest BCUT2D eigenvalue weighted by molar-refractivity contribution is 5.97. The van der Waals surface area contributed by atoms with E-state index in [1.807, 2.05) is 0 Å². The molecule has 0 aromatic heterocycles. The molecule has 0 saturated carbocycles. The first-order chi connectivity index (χ1) is 13.7. The smallest absolute Gasteiger partial charge is 0.311 e. The van der Waals surface area contributed by atoms with Crippen LogP contribution in [-0.4, -0.2) is 36.8 Å². The van der Waals surface area contributed by atoms with Crippen LogP contribution in [0.2, 0.25) is 0 Å². The molecular weight excluding hydrogens is 376 g/mol. The van der Waals surface area contributed by atoms with Gasteiger partial charge in [-0.3, -0.25) is 19.2 Å². The SMILES string of the molecule is COc1ccc(C(C)=O)cc1CC(=O)O[C@@H](C)C(=O)Nc1ccc(C(N)=O)cc1. The highest BCUT2D eigenvalue weighted by Gasteiger charge is 2.20. The molecule has 0 aliphatic carbocycles. The first-order valence-electron chi connectivity index (χ1n) is 8.79. The van der Waals surface area contributed by atoms with Crippen molar-refractivity contribution in [1.29, 1.82) is 0 Å². The van der Waals surface area contributed by atoms with Crippen molar-refractivity contribution in [2.24, 2.45) is 5.73 Å². The Morgan fingerprint density at radius 3 is 2.21 bits per heavy atom. The van der Waals surface area contributed by atoms with E-state index in [0.717, 1.165) is 0 Å². The first kappa shape index (κ1) is 21.6. The van der Waals surface area contributed by atoms with Gasteiger partial charge < -0.3 is 20.5 Å². The Morgan fingerprint density at radius 1 is 1.03 bits per heavy atom. The van der Waals surface area contributed by atoms with Crippen LogP contribution < -0.4 is 15.8 Å². The molecule has 8 heteroatoms. The molecule has 2 aromatic carbocycles. The van der Waals surface area contributed by atoms with E-state index in [1.165, 1.54) is 45.2 Å². The summed E-state index contributed by atoms with van der Waals surface area (Å²) >= 11 is 0. The number of hydrogen-bond acceptors (Lipinski definition) is 6. The van der Waals surface area contributed by atoms with Gasteiger partial charge in [0.05, 0.1) is 13.5 Å². The number of nitrogens with one attached hydrogen (secondary N) is 1. The topological polar surface area (TPSA) is 125 Å². The molecule has 3 N–H and O–H groups in total. The van der Waals surface area contributed by atoms with Crippen LogP contribution in [0.3, 0.4) is 0 Å². The second-order valence-corrected chi connectivity index (χ2v) is 6.32. The van der Waals surface area contributed by atoms with E-state index in [2.05, 4.69) is 5.32 Å². The third-order valence-corrected chi connectivity index (χ3v) is 4.14. The second-order valence-electron chi connectivity index (χ2n) is 6.32. The van der Waals surface area contributed by atoms with E-state index in [-0.39, 0.29) is 12.2 Å². The van der Waals surface area contributed by atoms with Crippen LogP contribution in [0.4, 0.5) is 5.69 Å². The Balaban J connectivity index is 1.99. The van der Waals surface area contributed by atoms with Gasteiger partial charge in [-0.15, -0.1) is 0 Å². The molecule has 1 atom stereocenters. The summed E-state index contributed by atoms with van der Waals surface area (Å²) in [5, 5.41) is 2.59. The van der Waals surface area contributed by atoms with Gasteiger partial charge in [0.25, 0.3) is 5.91 Å². The third kappa shape index (κ3) is 5.90. The minimum atomic E-state index is -1.06. The molecule has 0 aliphatic rings. The van der Waals surface area contributed by atoms with Gasteiger partial charge in [-0.25, -0.2) is 0 Å². The molecule has 152 valence electrons. The van der Waals surface area contributed by atoms with Gasteiger partial charge in [-0.2, -0.15) is 0 Å². The van der Waals surface area contributed by atoms with Crippen LogP contribution in [0.25, 0.3) is 0 Å². The number of benzene rings is 2. The predicted octanol–water partition coefficient (Wildman–Crippen LogP) is 2.11. The van der Waals surface area contributed by atoms with E-state index in [9.17, 15) is 19.2 Å². The second kappa shape index (κ2) is 9.50. The molecule has 8 nitrogen and oxygen atoms in total. The molecule has 0 radical (unpaired) electrons. The van der Waals surface area contributed by atoms with Gasteiger partial charge in [0.2, 0.25) is 5.91 Å². The lowest BCUT2D eigenvalue weighted by Crippen LogP contribution is -2.30. The lowest BCUT2D eigenvalue weighted by atomic mass is 10.0. The van der Waals surface area contributed by atoms with Crippen LogP contribution in [-0.2, 0) is 20.7 Å². The van der Waals surface area contributed by atoms with Gasteiger partial charge in [0.1, 0.15) is 5.75 Å². The number of anilines is 1. The molecular formula is C21H22N2O6. The van der Waals surface area contributed by atoms with E-state index in [4.69, 9.17) is 15.2 Å². The fourth-order valence-electron chi connectivity index (χ4n) is 2.55. The minimum Gasteiger partial charge on any atom is -0.496 e. The fourth-order valence-corrected chi connectivity index (χ4v) is 2.55. The molecule has 0 unspecified atom stereocenters. The zero-order valence-corrected chi connectivity index (χ0v) is 16.4. The number of hydrogen-bond donors (Lipinski definition) is 2. The number of Topliss-reactive ketones (excluding diaryl/α,β-unsaturated/α-hetero) is 1.